The highest BCUT2D eigenvalue weighted by atomic mass is 19.1. The number of rotatable bonds is 6. The molecule has 1 fully saturated rings. The van der Waals surface area contributed by atoms with Crippen LogP contribution < -0.4 is 4.90 Å². The van der Waals surface area contributed by atoms with Crippen molar-refractivity contribution in [2.75, 3.05) is 31.1 Å². The second-order valence-electron chi connectivity index (χ2n) is 7.53. The maximum Gasteiger partial charge on any atom is 0.261 e. The number of halogens is 2. The first-order valence-corrected chi connectivity index (χ1v) is 10.3. The number of aromatic nitrogens is 3. The zero-order valence-electron chi connectivity index (χ0n) is 17.0. The van der Waals surface area contributed by atoms with E-state index in [2.05, 4.69) is 31.8 Å². The smallest absolute Gasteiger partial charge is 0.261 e. The van der Waals surface area contributed by atoms with Crippen molar-refractivity contribution in [3.05, 3.63) is 59.6 Å². The summed E-state index contributed by atoms with van der Waals surface area (Å²) in [5, 5.41) is 4.06. The van der Waals surface area contributed by atoms with E-state index in [0.29, 0.717) is 23.8 Å². The monoisotopic (exact) mass is 413 g/mol. The Morgan fingerprint density at radius 2 is 1.90 bits per heavy atom. The van der Waals surface area contributed by atoms with Crippen LogP contribution in [0.1, 0.15) is 31.2 Å². The maximum absolute atomic E-state index is 13.5. The van der Waals surface area contributed by atoms with Gasteiger partial charge in [0.05, 0.1) is 5.56 Å². The highest BCUT2D eigenvalue weighted by Gasteiger charge is 2.21. The lowest BCUT2D eigenvalue weighted by molar-refractivity contribution is 0.284. The standard InChI is InChI=1S/C22H25F2N5O/c1-2-5-20-26-22(30-27-20)19-6-3-7-25-21(19)29-9-4-8-28(10-11-29)15-16-12-17(23)14-18(24)13-16/h3,6-7,12-14H,2,4-5,8-11,15H2,1H3. The van der Waals surface area contributed by atoms with Gasteiger partial charge in [-0.3, -0.25) is 4.90 Å². The molecule has 4 rings (SSSR count). The predicted octanol–water partition coefficient (Wildman–Crippen LogP) is 4.07. The van der Waals surface area contributed by atoms with Crippen LogP contribution in [-0.2, 0) is 13.0 Å². The lowest BCUT2D eigenvalue weighted by Crippen LogP contribution is -2.31. The van der Waals surface area contributed by atoms with Gasteiger partial charge in [0.2, 0.25) is 0 Å². The third-order valence-electron chi connectivity index (χ3n) is 5.18. The molecule has 0 radical (unpaired) electrons. The lowest BCUT2D eigenvalue weighted by atomic mass is 10.2. The fourth-order valence-corrected chi connectivity index (χ4v) is 3.81. The van der Waals surface area contributed by atoms with Gasteiger partial charge in [0.25, 0.3) is 5.89 Å². The van der Waals surface area contributed by atoms with Gasteiger partial charge in [-0.15, -0.1) is 0 Å². The van der Waals surface area contributed by atoms with E-state index in [9.17, 15) is 8.78 Å². The van der Waals surface area contributed by atoms with Gasteiger partial charge in [0.15, 0.2) is 5.82 Å². The minimum atomic E-state index is -0.540. The molecule has 1 aliphatic rings. The normalized spacial score (nSPS) is 15.4. The highest BCUT2D eigenvalue weighted by Crippen LogP contribution is 2.28. The minimum absolute atomic E-state index is 0.484. The van der Waals surface area contributed by atoms with E-state index in [-0.39, 0.29) is 0 Å². The van der Waals surface area contributed by atoms with Gasteiger partial charge in [-0.25, -0.2) is 13.8 Å². The van der Waals surface area contributed by atoms with Crippen molar-refractivity contribution in [3.8, 4) is 11.5 Å². The van der Waals surface area contributed by atoms with Crippen LogP contribution in [0.5, 0.6) is 0 Å². The van der Waals surface area contributed by atoms with Crippen molar-refractivity contribution < 1.29 is 13.3 Å². The first-order chi connectivity index (χ1) is 14.6. The van der Waals surface area contributed by atoms with Gasteiger partial charge in [-0.2, -0.15) is 4.98 Å². The molecule has 3 aromatic rings. The molecular formula is C22H25F2N5O. The van der Waals surface area contributed by atoms with Gasteiger partial charge in [-0.1, -0.05) is 12.1 Å². The van der Waals surface area contributed by atoms with Crippen molar-refractivity contribution in [2.45, 2.75) is 32.7 Å². The molecule has 30 heavy (non-hydrogen) atoms. The molecule has 0 saturated carbocycles. The summed E-state index contributed by atoms with van der Waals surface area (Å²) in [6, 6.07) is 7.51. The van der Waals surface area contributed by atoms with Crippen LogP contribution in [0.4, 0.5) is 14.6 Å². The summed E-state index contributed by atoms with van der Waals surface area (Å²) < 4.78 is 32.5. The Morgan fingerprint density at radius 1 is 1.07 bits per heavy atom. The Morgan fingerprint density at radius 3 is 2.70 bits per heavy atom. The molecule has 0 aliphatic carbocycles. The summed E-state index contributed by atoms with van der Waals surface area (Å²) in [6.45, 7) is 5.77. The summed E-state index contributed by atoms with van der Waals surface area (Å²) in [6.07, 6.45) is 4.41. The Hall–Kier alpha value is -2.87. The molecule has 0 spiro atoms. The summed E-state index contributed by atoms with van der Waals surface area (Å²) >= 11 is 0. The third kappa shape index (κ3) is 4.81. The Bertz CT molecular complexity index is 973. The molecule has 8 heteroatoms. The number of hydrogen-bond donors (Lipinski definition) is 0. The molecule has 3 heterocycles. The van der Waals surface area contributed by atoms with Crippen molar-refractivity contribution in [1.29, 1.82) is 0 Å². The zero-order valence-corrected chi connectivity index (χ0v) is 17.0. The highest BCUT2D eigenvalue weighted by molar-refractivity contribution is 5.69. The van der Waals surface area contributed by atoms with Gasteiger partial charge < -0.3 is 9.42 Å². The van der Waals surface area contributed by atoms with Crippen LogP contribution in [0.2, 0.25) is 0 Å². The average molecular weight is 413 g/mol. The molecule has 1 saturated heterocycles. The number of hydrogen-bond acceptors (Lipinski definition) is 6. The van der Waals surface area contributed by atoms with Crippen LogP contribution in [0, 0.1) is 11.6 Å². The number of aryl methyl sites for hydroxylation is 1. The topological polar surface area (TPSA) is 58.3 Å². The van der Waals surface area contributed by atoms with Crippen molar-refractivity contribution in [3.63, 3.8) is 0 Å². The molecule has 0 atom stereocenters. The summed E-state index contributed by atoms with van der Waals surface area (Å²) in [5.41, 5.74) is 1.47. The Kier molecular flexibility index (Phi) is 6.32. The molecule has 2 aromatic heterocycles. The molecule has 158 valence electrons. The van der Waals surface area contributed by atoms with Gasteiger partial charge in [0, 0.05) is 51.4 Å². The number of benzene rings is 1. The van der Waals surface area contributed by atoms with Gasteiger partial charge >= 0.3 is 0 Å². The molecular weight excluding hydrogens is 388 g/mol. The van der Waals surface area contributed by atoms with E-state index in [1.165, 1.54) is 12.1 Å². The first kappa shape index (κ1) is 20.4. The molecule has 0 N–H and O–H groups in total. The molecule has 0 amide bonds. The van der Waals surface area contributed by atoms with Crippen LogP contribution in [0.15, 0.2) is 41.1 Å². The van der Waals surface area contributed by atoms with E-state index in [1.807, 2.05) is 12.1 Å². The third-order valence-corrected chi connectivity index (χ3v) is 5.18. The quantitative estimate of drug-likeness (QED) is 0.607. The largest absolute Gasteiger partial charge is 0.355 e. The molecule has 6 nitrogen and oxygen atoms in total. The van der Waals surface area contributed by atoms with Crippen molar-refractivity contribution in [1.82, 2.24) is 20.0 Å². The lowest BCUT2D eigenvalue weighted by Gasteiger charge is -2.24. The molecule has 0 unspecified atom stereocenters. The van der Waals surface area contributed by atoms with E-state index < -0.39 is 11.6 Å². The average Bonchev–Trinajstić information content (AvgIpc) is 3.06. The molecule has 1 aromatic carbocycles. The SMILES string of the molecule is CCCc1noc(-c2cccnc2N2CCCN(Cc3cc(F)cc(F)c3)CC2)n1. The van der Waals surface area contributed by atoms with Gasteiger partial charge in [0.1, 0.15) is 17.5 Å². The van der Waals surface area contributed by atoms with E-state index in [1.54, 1.807) is 6.20 Å². The van der Waals surface area contributed by atoms with Crippen LogP contribution in [-0.4, -0.2) is 46.2 Å². The predicted molar refractivity (Wildman–Crippen MR) is 110 cm³/mol. The zero-order chi connectivity index (χ0) is 20.9. The fraction of sp³-hybridized carbons (Fsp3) is 0.409. The maximum atomic E-state index is 13.5. The van der Waals surface area contributed by atoms with Crippen LogP contribution >= 0.6 is 0 Å². The number of pyridine rings is 1. The number of nitrogens with zero attached hydrogens (tertiary/aromatic N) is 5. The second-order valence-corrected chi connectivity index (χ2v) is 7.53. The Balaban J connectivity index is 1.48. The summed E-state index contributed by atoms with van der Waals surface area (Å²) in [5.74, 6) is 0.926. The van der Waals surface area contributed by atoms with E-state index in [0.717, 1.165) is 62.9 Å². The molecule has 1 aliphatic heterocycles. The van der Waals surface area contributed by atoms with Gasteiger partial charge in [-0.05, 0) is 42.7 Å². The van der Waals surface area contributed by atoms with E-state index >= 15 is 0 Å². The van der Waals surface area contributed by atoms with Crippen molar-refractivity contribution >= 4 is 5.82 Å². The minimum Gasteiger partial charge on any atom is -0.355 e. The summed E-state index contributed by atoms with van der Waals surface area (Å²) in [4.78, 5) is 13.5. The number of anilines is 1. The molecule has 0 bridgehead atoms. The fourth-order valence-electron chi connectivity index (χ4n) is 3.81. The van der Waals surface area contributed by atoms with Crippen molar-refractivity contribution in [2.24, 2.45) is 0 Å². The Labute approximate surface area is 174 Å². The second kappa shape index (κ2) is 9.30. The van der Waals surface area contributed by atoms with Crippen LogP contribution in [0.3, 0.4) is 0 Å². The first-order valence-electron chi connectivity index (χ1n) is 10.3. The summed E-state index contributed by atoms with van der Waals surface area (Å²) in [7, 11) is 0. The van der Waals surface area contributed by atoms with E-state index in [4.69, 9.17) is 4.52 Å². The van der Waals surface area contributed by atoms with Crippen LogP contribution in [0.25, 0.3) is 11.5 Å².